The Morgan fingerprint density at radius 2 is 2.08 bits per heavy atom. The average Bonchev–Trinajstić information content (AvgIpc) is 3.01. The number of nitrogens with zero attached hydrogens (tertiary/aromatic N) is 5. The number of imidazole rings is 1. The Hall–Kier alpha value is -2.90. The summed E-state index contributed by atoms with van der Waals surface area (Å²) in [4.78, 5) is 35.7. The van der Waals surface area contributed by atoms with E-state index in [1.54, 1.807) is 28.9 Å². The van der Waals surface area contributed by atoms with Crippen molar-refractivity contribution < 1.29 is 9.59 Å². The van der Waals surface area contributed by atoms with Crippen molar-refractivity contribution in [2.24, 2.45) is 7.05 Å². The van der Waals surface area contributed by atoms with E-state index in [2.05, 4.69) is 20.2 Å². The maximum Gasteiger partial charge on any atom is 0.289 e. The van der Waals surface area contributed by atoms with Gasteiger partial charge < -0.3 is 19.7 Å². The summed E-state index contributed by atoms with van der Waals surface area (Å²) in [6.07, 6.45) is 4.15. The van der Waals surface area contributed by atoms with Gasteiger partial charge in [0.05, 0.1) is 12.2 Å². The Morgan fingerprint density at radius 3 is 2.75 bits per heavy atom. The van der Waals surface area contributed by atoms with Crippen LogP contribution in [0.2, 0.25) is 0 Å². The van der Waals surface area contributed by atoms with Crippen molar-refractivity contribution >= 4 is 18.1 Å². The van der Waals surface area contributed by atoms with E-state index >= 15 is 0 Å². The van der Waals surface area contributed by atoms with Crippen molar-refractivity contribution in [3.8, 4) is 0 Å². The van der Waals surface area contributed by atoms with E-state index in [4.69, 9.17) is 0 Å². The lowest BCUT2D eigenvalue weighted by atomic mass is 10.3. The van der Waals surface area contributed by atoms with Gasteiger partial charge in [0.1, 0.15) is 5.82 Å². The Balaban J connectivity index is 1.63. The Bertz CT molecular complexity index is 707. The zero-order chi connectivity index (χ0) is 16.9. The predicted octanol–water partition coefficient (Wildman–Crippen LogP) is 0.0235. The number of aryl methyl sites for hydroxylation is 1. The first-order valence-corrected chi connectivity index (χ1v) is 7.83. The summed E-state index contributed by atoms with van der Waals surface area (Å²) >= 11 is 0. The Labute approximate surface area is 140 Å². The standard InChI is InChI=1S/C16H20N6O2/c1-20-11-13(10-17-12-23)19-15(20)16(24)22-8-6-21(7-9-22)14-4-2-3-5-18-14/h2-5,11-12H,6-10H2,1H3,(H,17,23). The quantitative estimate of drug-likeness (QED) is 0.783. The minimum Gasteiger partial charge on any atom is -0.353 e. The summed E-state index contributed by atoms with van der Waals surface area (Å²) in [6.45, 7) is 3.06. The first-order valence-electron chi connectivity index (χ1n) is 7.83. The highest BCUT2D eigenvalue weighted by Crippen LogP contribution is 2.14. The summed E-state index contributed by atoms with van der Waals surface area (Å²) in [5.74, 6) is 1.24. The van der Waals surface area contributed by atoms with Gasteiger partial charge in [-0.05, 0) is 12.1 Å². The summed E-state index contributed by atoms with van der Waals surface area (Å²) < 4.78 is 1.70. The van der Waals surface area contributed by atoms with Gasteiger partial charge in [-0.2, -0.15) is 0 Å². The summed E-state index contributed by atoms with van der Waals surface area (Å²) in [5.41, 5.74) is 0.667. The molecule has 126 valence electrons. The third kappa shape index (κ3) is 3.37. The number of rotatable bonds is 5. The topological polar surface area (TPSA) is 83.4 Å². The molecule has 0 atom stereocenters. The molecule has 1 saturated heterocycles. The molecule has 0 aliphatic carbocycles. The molecule has 1 aliphatic heterocycles. The van der Waals surface area contributed by atoms with Crippen LogP contribution in [0, 0.1) is 0 Å². The van der Waals surface area contributed by atoms with Crippen LogP contribution in [0.25, 0.3) is 0 Å². The first-order chi connectivity index (χ1) is 11.7. The molecule has 0 unspecified atom stereocenters. The van der Waals surface area contributed by atoms with Crippen LogP contribution in [-0.4, -0.2) is 57.9 Å². The van der Waals surface area contributed by atoms with E-state index in [1.807, 2.05) is 18.2 Å². The molecule has 24 heavy (non-hydrogen) atoms. The molecule has 8 heteroatoms. The van der Waals surface area contributed by atoms with Gasteiger partial charge in [-0.15, -0.1) is 0 Å². The number of pyridine rings is 1. The molecular formula is C16H20N6O2. The number of piperazine rings is 1. The van der Waals surface area contributed by atoms with Gasteiger partial charge in [-0.25, -0.2) is 9.97 Å². The predicted molar refractivity (Wildman–Crippen MR) is 88.5 cm³/mol. The Morgan fingerprint density at radius 1 is 1.29 bits per heavy atom. The zero-order valence-electron chi connectivity index (χ0n) is 13.6. The SMILES string of the molecule is Cn1cc(CNC=O)nc1C(=O)N1CCN(c2ccccn2)CC1. The van der Waals surface area contributed by atoms with Crippen molar-refractivity contribution in [3.63, 3.8) is 0 Å². The van der Waals surface area contributed by atoms with Crippen molar-refractivity contribution in [3.05, 3.63) is 42.1 Å². The minimum absolute atomic E-state index is 0.0875. The van der Waals surface area contributed by atoms with Crippen LogP contribution >= 0.6 is 0 Å². The average molecular weight is 328 g/mol. The molecule has 0 bridgehead atoms. The maximum absolute atomic E-state index is 12.7. The number of hydrogen-bond acceptors (Lipinski definition) is 5. The molecule has 0 spiro atoms. The minimum atomic E-state index is -0.0875. The van der Waals surface area contributed by atoms with Crippen LogP contribution in [-0.2, 0) is 18.4 Å². The molecule has 1 fully saturated rings. The fourth-order valence-corrected chi connectivity index (χ4v) is 2.78. The van der Waals surface area contributed by atoms with Gasteiger partial charge in [0.25, 0.3) is 5.91 Å². The molecule has 3 heterocycles. The maximum atomic E-state index is 12.7. The number of hydrogen-bond donors (Lipinski definition) is 1. The molecule has 8 nitrogen and oxygen atoms in total. The van der Waals surface area contributed by atoms with Crippen LogP contribution < -0.4 is 10.2 Å². The summed E-state index contributed by atoms with van der Waals surface area (Å²) in [7, 11) is 1.79. The summed E-state index contributed by atoms with van der Waals surface area (Å²) in [6, 6.07) is 5.83. The van der Waals surface area contributed by atoms with E-state index < -0.39 is 0 Å². The zero-order valence-corrected chi connectivity index (χ0v) is 13.6. The number of carbonyl (C=O) groups excluding carboxylic acids is 2. The molecule has 3 rings (SSSR count). The normalized spacial score (nSPS) is 14.5. The summed E-state index contributed by atoms with van der Waals surface area (Å²) in [5, 5.41) is 2.55. The van der Waals surface area contributed by atoms with Crippen molar-refractivity contribution in [1.82, 2.24) is 24.8 Å². The number of anilines is 1. The van der Waals surface area contributed by atoms with Gasteiger partial charge in [-0.1, -0.05) is 6.07 Å². The number of nitrogens with one attached hydrogen (secondary N) is 1. The lowest BCUT2D eigenvalue weighted by Crippen LogP contribution is -2.49. The lowest BCUT2D eigenvalue weighted by molar-refractivity contribution is -0.109. The fraction of sp³-hybridized carbons (Fsp3) is 0.375. The highest BCUT2D eigenvalue weighted by molar-refractivity contribution is 5.91. The molecule has 1 N–H and O–H groups in total. The monoisotopic (exact) mass is 328 g/mol. The Kier molecular flexibility index (Phi) is 4.74. The molecule has 0 aromatic carbocycles. The van der Waals surface area contributed by atoms with Gasteiger partial charge in [-0.3, -0.25) is 9.59 Å². The smallest absolute Gasteiger partial charge is 0.289 e. The van der Waals surface area contributed by atoms with Gasteiger partial charge >= 0.3 is 0 Å². The molecule has 0 saturated carbocycles. The van der Waals surface area contributed by atoms with Gasteiger partial charge in [0.15, 0.2) is 5.82 Å². The lowest BCUT2D eigenvalue weighted by Gasteiger charge is -2.35. The molecular weight excluding hydrogens is 308 g/mol. The van der Waals surface area contributed by atoms with E-state index in [0.29, 0.717) is 37.6 Å². The van der Waals surface area contributed by atoms with Crippen LogP contribution in [0.15, 0.2) is 30.6 Å². The highest BCUT2D eigenvalue weighted by Gasteiger charge is 2.25. The van der Waals surface area contributed by atoms with Gasteiger partial charge in [0.2, 0.25) is 6.41 Å². The van der Waals surface area contributed by atoms with E-state index in [0.717, 1.165) is 18.9 Å². The number of amides is 2. The van der Waals surface area contributed by atoms with E-state index in [9.17, 15) is 9.59 Å². The molecule has 2 amide bonds. The molecule has 2 aromatic rings. The van der Waals surface area contributed by atoms with Crippen LogP contribution in [0.1, 0.15) is 16.3 Å². The first kappa shape index (κ1) is 16.0. The molecule has 0 radical (unpaired) electrons. The third-order valence-corrected chi connectivity index (χ3v) is 4.02. The number of aromatic nitrogens is 3. The number of carbonyl (C=O) groups is 2. The second-order valence-electron chi connectivity index (χ2n) is 5.63. The van der Waals surface area contributed by atoms with Crippen LogP contribution in [0.5, 0.6) is 0 Å². The van der Waals surface area contributed by atoms with E-state index in [-0.39, 0.29) is 5.91 Å². The van der Waals surface area contributed by atoms with Crippen LogP contribution in [0.3, 0.4) is 0 Å². The second-order valence-corrected chi connectivity index (χ2v) is 5.63. The van der Waals surface area contributed by atoms with Gasteiger partial charge in [0, 0.05) is 45.6 Å². The van der Waals surface area contributed by atoms with E-state index in [1.165, 1.54) is 0 Å². The molecule has 1 aliphatic rings. The second kappa shape index (κ2) is 7.12. The highest BCUT2D eigenvalue weighted by atomic mass is 16.2. The van der Waals surface area contributed by atoms with Crippen LogP contribution in [0.4, 0.5) is 5.82 Å². The van der Waals surface area contributed by atoms with Crippen molar-refractivity contribution in [2.45, 2.75) is 6.54 Å². The molecule has 2 aromatic heterocycles. The van der Waals surface area contributed by atoms with Crippen molar-refractivity contribution in [1.29, 1.82) is 0 Å². The fourth-order valence-electron chi connectivity index (χ4n) is 2.78. The van der Waals surface area contributed by atoms with Crippen molar-refractivity contribution in [2.75, 3.05) is 31.1 Å². The third-order valence-electron chi connectivity index (χ3n) is 4.02. The largest absolute Gasteiger partial charge is 0.353 e.